The molecule has 1 aromatic rings. The molecule has 15 heavy (non-hydrogen) atoms. The van der Waals surface area contributed by atoms with E-state index in [0.29, 0.717) is 6.54 Å². The third kappa shape index (κ3) is 4.46. The van der Waals surface area contributed by atoms with Crippen molar-refractivity contribution in [2.45, 2.75) is 12.8 Å². The van der Waals surface area contributed by atoms with Crippen LogP contribution in [0.25, 0.3) is 0 Å². The summed E-state index contributed by atoms with van der Waals surface area (Å²) in [4.78, 5) is 11.0. The first kappa shape index (κ1) is 11.5. The van der Waals surface area contributed by atoms with Crippen LogP contribution in [0.5, 0.6) is 5.75 Å². The molecule has 0 heterocycles. The highest BCUT2D eigenvalue weighted by atomic mass is 16.3. The van der Waals surface area contributed by atoms with Gasteiger partial charge < -0.3 is 15.5 Å². The van der Waals surface area contributed by atoms with Crippen LogP contribution in [0.2, 0.25) is 0 Å². The monoisotopic (exact) mass is 209 g/mol. The van der Waals surface area contributed by atoms with Crippen LogP contribution in [0.15, 0.2) is 24.3 Å². The first-order valence-electron chi connectivity index (χ1n) is 4.88. The third-order valence-electron chi connectivity index (χ3n) is 2.01. The first-order chi connectivity index (χ1) is 7.22. The lowest BCUT2D eigenvalue weighted by molar-refractivity contribution is -0.121. The Kier molecular flexibility index (Phi) is 4.63. The van der Waals surface area contributed by atoms with Gasteiger partial charge in [-0.25, -0.2) is 0 Å². The molecular weight excluding hydrogens is 194 g/mol. The van der Waals surface area contributed by atoms with Crippen LogP contribution in [0.1, 0.15) is 12.0 Å². The average Bonchev–Trinajstić information content (AvgIpc) is 2.21. The van der Waals surface area contributed by atoms with Crippen molar-refractivity contribution in [3.63, 3.8) is 0 Å². The lowest BCUT2D eigenvalue weighted by atomic mass is 10.1. The maximum absolute atomic E-state index is 11.0. The number of hydrogen-bond acceptors (Lipinski definition) is 3. The molecule has 4 heteroatoms. The van der Waals surface area contributed by atoms with Gasteiger partial charge in [-0.15, -0.1) is 0 Å². The summed E-state index contributed by atoms with van der Waals surface area (Å²) in [5, 5.41) is 20.2. The summed E-state index contributed by atoms with van der Waals surface area (Å²) in [6.07, 6.45) is 0.868. The number of aromatic hydroxyl groups is 1. The highest BCUT2D eigenvalue weighted by molar-refractivity contribution is 5.75. The lowest BCUT2D eigenvalue weighted by Gasteiger charge is -2.04. The fourth-order valence-corrected chi connectivity index (χ4v) is 1.20. The molecule has 0 spiro atoms. The Labute approximate surface area is 88.6 Å². The minimum absolute atomic E-state index is 0.120. The lowest BCUT2D eigenvalue weighted by Crippen LogP contribution is -2.26. The molecular formula is C11H15NO3. The van der Waals surface area contributed by atoms with Gasteiger partial charge >= 0.3 is 0 Å². The standard InChI is InChI=1S/C11H15NO3/c13-8-6-11(15)12-7-5-9-1-3-10(14)4-2-9/h1-4,13-14H,5-8H2,(H,12,15). The summed E-state index contributed by atoms with van der Waals surface area (Å²) in [5.74, 6) is 0.0966. The van der Waals surface area contributed by atoms with Gasteiger partial charge in [-0.2, -0.15) is 0 Å². The molecule has 82 valence electrons. The van der Waals surface area contributed by atoms with Crippen molar-refractivity contribution in [1.82, 2.24) is 5.32 Å². The van der Waals surface area contributed by atoms with Crippen molar-refractivity contribution in [3.05, 3.63) is 29.8 Å². The van der Waals surface area contributed by atoms with Crippen LogP contribution >= 0.6 is 0 Å². The van der Waals surface area contributed by atoms with Gasteiger partial charge in [0.1, 0.15) is 5.75 Å². The molecule has 0 bridgehead atoms. The molecule has 0 fully saturated rings. The number of rotatable bonds is 5. The highest BCUT2D eigenvalue weighted by Gasteiger charge is 1.99. The van der Waals surface area contributed by atoms with Gasteiger partial charge in [0.25, 0.3) is 0 Å². The third-order valence-corrected chi connectivity index (χ3v) is 2.01. The van der Waals surface area contributed by atoms with Gasteiger partial charge in [0.2, 0.25) is 5.91 Å². The van der Waals surface area contributed by atoms with Crippen LogP contribution in [0.4, 0.5) is 0 Å². The number of amides is 1. The summed E-state index contributed by atoms with van der Waals surface area (Å²) < 4.78 is 0. The van der Waals surface area contributed by atoms with E-state index in [4.69, 9.17) is 10.2 Å². The van der Waals surface area contributed by atoms with Gasteiger partial charge in [0, 0.05) is 13.0 Å². The van der Waals surface area contributed by atoms with Crippen LogP contribution in [-0.4, -0.2) is 29.3 Å². The molecule has 1 amide bonds. The minimum Gasteiger partial charge on any atom is -0.508 e. The number of carbonyl (C=O) groups excluding carboxylic acids is 1. The van der Waals surface area contributed by atoms with Crippen molar-refractivity contribution >= 4 is 5.91 Å². The molecule has 0 aromatic heterocycles. The normalized spacial score (nSPS) is 9.93. The SMILES string of the molecule is O=C(CCO)NCCc1ccc(O)cc1. The molecule has 4 nitrogen and oxygen atoms in total. The Hall–Kier alpha value is -1.55. The molecule has 0 aliphatic heterocycles. The van der Waals surface area contributed by atoms with Gasteiger partial charge in [-0.05, 0) is 24.1 Å². The molecule has 0 aliphatic rings. The van der Waals surface area contributed by atoms with Crippen molar-refractivity contribution in [3.8, 4) is 5.75 Å². The zero-order chi connectivity index (χ0) is 11.1. The summed E-state index contributed by atoms with van der Waals surface area (Å²) in [5.41, 5.74) is 1.05. The molecule has 1 aromatic carbocycles. The summed E-state index contributed by atoms with van der Waals surface area (Å²) in [6, 6.07) is 6.86. The first-order valence-corrected chi connectivity index (χ1v) is 4.88. The van der Waals surface area contributed by atoms with E-state index in [9.17, 15) is 4.79 Å². The van der Waals surface area contributed by atoms with E-state index in [-0.39, 0.29) is 24.7 Å². The van der Waals surface area contributed by atoms with Crippen LogP contribution in [0.3, 0.4) is 0 Å². The van der Waals surface area contributed by atoms with Crippen LogP contribution < -0.4 is 5.32 Å². The zero-order valence-electron chi connectivity index (χ0n) is 8.44. The number of phenols is 1. The van der Waals surface area contributed by atoms with Crippen molar-refractivity contribution in [2.24, 2.45) is 0 Å². The van der Waals surface area contributed by atoms with Crippen molar-refractivity contribution in [1.29, 1.82) is 0 Å². The average molecular weight is 209 g/mol. The summed E-state index contributed by atoms with van der Waals surface area (Å²) >= 11 is 0. The molecule has 0 radical (unpaired) electrons. The van der Waals surface area contributed by atoms with E-state index in [1.165, 1.54) is 0 Å². The van der Waals surface area contributed by atoms with E-state index >= 15 is 0 Å². The van der Waals surface area contributed by atoms with Gasteiger partial charge in [0.15, 0.2) is 0 Å². The van der Waals surface area contributed by atoms with Crippen LogP contribution in [-0.2, 0) is 11.2 Å². The molecule has 0 aliphatic carbocycles. The number of carbonyl (C=O) groups is 1. The highest BCUT2D eigenvalue weighted by Crippen LogP contribution is 2.09. The second-order valence-corrected chi connectivity index (χ2v) is 3.24. The second-order valence-electron chi connectivity index (χ2n) is 3.24. The summed E-state index contributed by atoms with van der Waals surface area (Å²) in [6.45, 7) is 0.425. The Morgan fingerprint density at radius 3 is 2.53 bits per heavy atom. The molecule has 0 saturated carbocycles. The fourth-order valence-electron chi connectivity index (χ4n) is 1.20. The van der Waals surface area contributed by atoms with Crippen molar-refractivity contribution < 1.29 is 15.0 Å². The Bertz CT molecular complexity index is 308. The predicted molar refractivity (Wildman–Crippen MR) is 56.5 cm³/mol. The van der Waals surface area contributed by atoms with E-state index in [2.05, 4.69) is 5.32 Å². The minimum atomic E-state index is -0.142. The van der Waals surface area contributed by atoms with Crippen LogP contribution in [0, 0.1) is 0 Å². The van der Waals surface area contributed by atoms with Crippen molar-refractivity contribution in [2.75, 3.05) is 13.2 Å². The van der Waals surface area contributed by atoms with E-state index in [1.54, 1.807) is 12.1 Å². The number of phenolic OH excluding ortho intramolecular Hbond substituents is 1. The maximum atomic E-state index is 11.0. The molecule has 0 saturated heterocycles. The number of aliphatic hydroxyl groups is 1. The fraction of sp³-hybridized carbons (Fsp3) is 0.364. The van der Waals surface area contributed by atoms with Gasteiger partial charge in [-0.1, -0.05) is 12.1 Å². The number of benzene rings is 1. The Balaban J connectivity index is 2.26. The van der Waals surface area contributed by atoms with E-state index in [0.717, 1.165) is 12.0 Å². The van der Waals surface area contributed by atoms with Gasteiger partial charge in [0.05, 0.1) is 6.61 Å². The molecule has 3 N–H and O–H groups in total. The molecule has 1 rings (SSSR count). The maximum Gasteiger partial charge on any atom is 0.222 e. The smallest absolute Gasteiger partial charge is 0.222 e. The number of hydrogen-bond donors (Lipinski definition) is 3. The Morgan fingerprint density at radius 1 is 1.27 bits per heavy atom. The zero-order valence-corrected chi connectivity index (χ0v) is 8.44. The molecule has 0 unspecified atom stereocenters. The number of nitrogens with one attached hydrogen (secondary N) is 1. The largest absolute Gasteiger partial charge is 0.508 e. The van der Waals surface area contributed by atoms with Gasteiger partial charge in [-0.3, -0.25) is 4.79 Å². The topological polar surface area (TPSA) is 69.6 Å². The second kappa shape index (κ2) is 6.03. The molecule has 0 atom stereocenters. The van der Waals surface area contributed by atoms with E-state index < -0.39 is 0 Å². The Morgan fingerprint density at radius 2 is 1.93 bits per heavy atom. The summed E-state index contributed by atoms with van der Waals surface area (Å²) in [7, 11) is 0. The number of aliphatic hydroxyl groups excluding tert-OH is 1. The predicted octanol–water partition coefficient (Wildman–Crippen LogP) is 0.433. The quantitative estimate of drug-likeness (QED) is 0.658. The van der Waals surface area contributed by atoms with E-state index in [1.807, 2.05) is 12.1 Å².